The SMILES string of the molecule is COc1cccc(C(F)F)c1C1(N=C=O)CCCC1. The molecule has 1 aromatic rings. The lowest BCUT2D eigenvalue weighted by Crippen LogP contribution is -2.22. The van der Waals surface area contributed by atoms with Gasteiger partial charge in [-0.2, -0.15) is 4.99 Å². The number of hydrogen-bond donors (Lipinski definition) is 0. The molecule has 0 aromatic heterocycles. The average molecular weight is 267 g/mol. The molecule has 0 aliphatic heterocycles. The highest BCUT2D eigenvalue weighted by Gasteiger charge is 2.41. The number of aliphatic imine (C=N–C) groups is 1. The summed E-state index contributed by atoms with van der Waals surface area (Å²) in [6.45, 7) is 0. The molecular formula is C14H15F2NO2. The fourth-order valence-corrected chi connectivity index (χ4v) is 2.86. The third-order valence-electron chi connectivity index (χ3n) is 3.67. The first-order chi connectivity index (χ1) is 9.14. The molecule has 3 nitrogen and oxygen atoms in total. The monoisotopic (exact) mass is 267 g/mol. The van der Waals surface area contributed by atoms with Gasteiger partial charge in [-0.25, -0.2) is 13.6 Å². The van der Waals surface area contributed by atoms with Gasteiger partial charge in [0.15, 0.2) is 0 Å². The molecular weight excluding hydrogens is 252 g/mol. The van der Waals surface area contributed by atoms with Crippen LogP contribution in [0, 0.1) is 0 Å². The van der Waals surface area contributed by atoms with Gasteiger partial charge in [0, 0.05) is 11.1 Å². The van der Waals surface area contributed by atoms with Gasteiger partial charge in [0.1, 0.15) is 11.3 Å². The van der Waals surface area contributed by atoms with Crippen LogP contribution in [0.2, 0.25) is 0 Å². The summed E-state index contributed by atoms with van der Waals surface area (Å²) in [4.78, 5) is 14.6. The van der Waals surface area contributed by atoms with Crippen molar-refractivity contribution in [3.8, 4) is 5.75 Å². The van der Waals surface area contributed by atoms with Gasteiger partial charge in [-0.3, -0.25) is 0 Å². The fourth-order valence-electron chi connectivity index (χ4n) is 2.86. The molecule has 0 radical (unpaired) electrons. The molecule has 5 heteroatoms. The molecule has 0 spiro atoms. The minimum atomic E-state index is -2.62. The molecule has 1 fully saturated rings. The lowest BCUT2D eigenvalue weighted by molar-refractivity contribution is 0.147. The van der Waals surface area contributed by atoms with Gasteiger partial charge < -0.3 is 4.74 Å². The first kappa shape index (κ1) is 13.7. The predicted octanol–water partition coefficient (Wildman–Crippen LogP) is 3.74. The Kier molecular flexibility index (Phi) is 3.96. The molecule has 0 atom stereocenters. The molecule has 19 heavy (non-hydrogen) atoms. The number of rotatable bonds is 4. The Morgan fingerprint density at radius 2 is 2.05 bits per heavy atom. The topological polar surface area (TPSA) is 38.7 Å². The second-order valence-corrected chi connectivity index (χ2v) is 4.67. The zero-order chi connectivity index (χ0) is 13.9. The second-order valence-electron chi connectivity index (χ2n) is 4.67. The third kappa shape index (κ3) is 2.38. The van der Waals surface area contributed by atoms with Crippen molar-refractivity contribution in [1.29, 1.82) is 0 Å². The number of isocyanates is 1. The minimum absolute atomic E-state index is 0.111. The molecule has 0 bridgehead atoms. The maximum atomic E-state index is 13.2. The average Bonchev–Trinajstić information content (AvgIpc) is 2.87. The summed E-state index contributed by atoms with van der Waals surface area (Å²) in [7, 11) is 1.43. The van der Waals surface area contributed by atoms with Crippen LogP contribution in [0.3, 0.4) is 0 Å². The van der Waals surface area contributed by atoms with Gasteiger partial charge in [-0.1, -0.05) is 25.0 Å². The maximum absolute atomic E-state index is 13.2. The van der Waals surface area contributed by atoms with Crippen LogP contribution in [0.4, 0.5) is 8.78 Å². The van der Waals surface area contributed by atoms with Crippen LogP contribution in [0.25, 0.3) is 0 Å². The maximum Gasteiger partial charge on any atom is 0.264 e. The summed E-state index contributed by atoms with van der Waals surface area (Å²) in [5.41, 5.74) is -0.672. The molecule has 1 saturated carbocycles. The molecule has 1 aromatic carbocycles. The van der Waals surface area contributed by atoms with Crippen molar-refractivity contribution < 1.29 is 18.3 Å². The summed E-state index contributed by atoms with van der Waals surface area (Å²) >= 11 is 0. The van der Waals surface area contributed by atoms with Crippen LogP contribution in [0.1, 0.15) is 43.2 Å². The van der Waals surface area contributed by atoms with Crippen molar-refractivity contribution in [2.45, 2.75) is 37.6 Å². The van der Waals surface area contributed by atoms with Crippen LogP contribution in [0.15, 0.2) is 23.2 Å². The molecule has 102 valence electrons. The lowest BCUT2D eigenvalue weighted by atomic mass is 9.84. The van der Waals surface area contributed by atoms with Crippen LogP contribution < -0.4 is 4.74 Å². The number of ether oxygens (including phenoxy) is 1. The Balaban J connectivity index is 2.67. The van der Waals surface area contributed by atoms with Crippen LogP contribution in [-0.4, -0.2) is 13.2 Å². The Bertz CT molecular complexity index is 504. The zero-order valence-electron chi connectivity index (χ0n) is 10.7. The first-order valence-corrected chi connectivity index (χ1v) is 6.19. The van der Waals surface area contributed by atoms with Crippen LogP contribution in [0.5, 0.6) is 5.75 Å². The molecule has 2 rings (SSSR count). The Hall–Kier alpha value is -1.74. The third-order valence-corrected chi connectivity index (χ3v) is 3.67. The number of benzene rings is 1. The van der Waals surface area contributed by atoms with Crippen molar-refractivity contribution in [2.75, 3.05) is 7.11 Å². The van der Waals surface area contributed by atoms with Crippen molar-refractivity contribution in [2.24, 2.45) is 4.99 Å². The van der Waals surface area contributed by atoms with E-state index in [1.165, 1.54) is 19.2 Å². The van der Waals surface area contributed by atoms with E-state index >= 15 is 0 Å². The first-order valence-electron chi connectivity index (χ1n) is 6.19. The second kappa shape index (κ2) is 5.49. The largest absolute Gasteiger partial charge is 0.496 e. The van der Waals surface area contributed by atoms with Crippen LogP contribution in [-0.2, 0) is 10.3 Å². The van der Waals surface area contributed by atoms with Crippen molar-refractivity contribution in [1.82, 2.24) is 0 Å². The van der Waals surface area contributed by atoms with E-state index < -0.39 is 12.0 Å². The number of nitrogens with zero attached hydrogens (tertiary/aromatic N) is 1. The van der Waals surface area contributed by atoms with E-state index in [0.29, 0.717) is 24.2 Å². The van der Waals surface area contributed by atoms with Crippen LogP contribution >= 0.6 is 0 Å². The molecule has 1 aliphatic rings. The summed E-state index contributed by atoms with van der Waals surface area (Å²) < 4.78 is 31.6. The van der Waals surface area contributed by atoms with Gasteiger partial charge in [0.2, 0.25) is 6.08 Å². The van der Waals surface area contributed by atoms with Gasteiger partial charge in [-0.05, 0) is 18.9 Å². The fraction of sp³-hybridized carbons (Fsp3) is 0.500. The predicted molar refractivity (Wildman–Crippen MR) is 66.2 cm³/mol. The molecule has 1 aliphatic carbocycles. The van der Waals surface area contributed by atoms with Gasteiger partial charge in [-0.15, -0.1) is 0 Å². The van der Waals surface area contributed by atoms with E-state index in [1.807, 2.05) is 0 Å². The Labute approximate surface area is 110 Å². The molecule has 0 heterocycles. The highest BCUT2D eigenvalue weighted by molar-refractivity contribution is 5.49. The van der Waals surface area contributed by atoms with E-state index in [9.17, 15) is 13.6 Å². The van der Waals surface area contributed by atoms with E-state index in [4.69, 9.17) is 4.74 Å². The van der Waals surface area contributed by atoms with Crippen molar-refractivity contribution in [3.05, 3.63) is 29.3 Å². The van der Waals surface area contributed by atoms with Crippen molar-refractivity contribution in [3.63, 3.8) is 0 Å². The standard InChI is InChI=1S/C14H15F2NO2/c1-19-11-6-4-5-10(13(15)16)12(11)14(17-9-18)7-2-3-8-14/h4-6,13H,2-3,7-8H2,1H3. The summed E-state index contributed by atoms with van der Waals surface area (Å²) in [5.74, 6) is 0.360. The number of methoxy groups -OCH3 is 1. The smallest absolute Gasteiger partial charge is 0.264 e. The molecule has 0 saturated heterocycles. The zero-order valence-corrected chi connectivity index (χ0v) is 10.7. The van der Waals surface area contributed by atoms with E-state index in [0.717, 1.165) is 12.8 Å². The quantitative estimate of drug-likeness (QED) is 0.615. The normalized spacial score (nSPS) is 17.3. The van der Waals surface area contributed by atoms with Crippen molar-refractivity contribution >= 4 is 6.08 Å². The molecule has 0 N–H and O–H groups in total. The Morgan fingerprint density at radius 3 is 2.58 bits per heavy atom. The number of alkyl halides is 2. The highest BCUT2D eigenvalue weighted by atomic mass is 19.3. The molecule has 0 unspecified atom stereocenters. The number of carbonyl (C=O) groups excluding carboxylic acids is 1. The van der Waals surface area contributed by atoms with Gasteiger partial charge in [0.25, 0.3) is 6.43 Å². The molecule has 0 amide bonds. The van der Waals surface area contributed by atoms with Gasteiger partial charge in [0.05, 0.1) is 7.11 Å². The lowest BCUT2D eigenvalue weighted by Gasteiger charge is -2.27. The summed E-state index contributed by atoms with van der Waals surface area (Å²) in [6.07, 6.45) is 1.77. The number of hydrogen-bond acceptors (Lipinski definition) is 3. The highest BCUT2D eigenvalue weighted by Crippen LogP contribution is 2.48. The van der Waals surface area contributed by atoms with E-state index in [1.54, 1.807) is 12.1 Å². The summed E-state index contributed by atoms with van der Waals surface area (Å²) in [5, 5.41) is 0. The minimum Gasteiger partial charge on any atom is -0.496 e. The summed E-state index contributed by atoms with van der Waals surface area (Å²) in [6, 6.07) is 4.52. The van der Waals surface area contributed by atoms with Gasteiger partial charge >= 0.3 is 0 Å². The van der Waals surface area contributed by atoms with E-state index in [2.05, 4.69) is 4.99 Å². The van der Waals surface area contributed by atoms with E-state index in [-0.39, 0.29) is 5.56 Å². The number of halogens is 2. The Morgan fingerprint density at radius 1 is 1.37 bits per heavy atom.